The van der Waals surface area contributed by atoms with Gasteiger partial charge in [-0.3, -0.25) is 4.90 Å². The summed E-state index contributed by atoms with van der Waals surface area (Å²) in [6.07, 6.45) is 3.91. The van der Waals surface area contributed by atoms with E-state index in [1.165, 1.54) is 11.1 Å². The third-order valence-corrected chi connectivity index (χ3v) is 6.32. The normalized spacial score (nSPS) is 13.4. The predicted octanol–water partition coefficient (Wildman–Crippen LogP) is 4.48. The number of nitrogens with one attached hydrogen (secondary N) is 2. The Hall–Kier alpha value is -2.99. The monoisotopic (exact) mass is 406 g/mol. The van der Waals surface area contributed by atoms with Gasteiger partial charge in [0.15, 0.2) is 0 Å². The number of rotatable bonds is 5. The van der Waals surface area contributed by atoms with Gasteiger partial charge in [-0.05, 0) is 73.5 Å². The second kappa shape index (κ2) is 8.03. The second-order valence-corrected chi connectivity index (χ2v) is 7.95. The summed E-state index contributed by atoms with van der Waals surface area (Å²) in [6.45, 7) is 12.5. The number of hydrogen-bond donors (Lipinski definition) is 3. The molecule has 3 N–H and O–H groups in total. The van der Waals surface area contributed by atoms with Crippen LogP contribution in [-0.4, -0.2) is 52.1 Å². The van der Waals surface area contributed by atoms with Crippen molar-refractivity contribution in [3.05, 3.63) is 46.7 Å². The Labute approximate surface area is 177 Å². The van der Waals surface area contributed by atoms with E-state index >= 15 is 0 Å². The molecular formula is C24H30N4O2. The molecule has 6 heteroatoms. The van der Waals surface area contributed by atoms with Crippen LogP contribution in [0.2, 0.25) is 0 Å². The Morgan fingerprint density at radius 3 is 2.73 bits per heavy atom. The molecule has 2 amide bonds. The standard InChI is InChI=1S/C24H30N4O2/c1-5-27(6-2)12-10-25-24(30)28-11-9-18-16(4)23-22(15(3)20(18)14-28)19-13-17(29)7-8-21(19)26-23/h7-9,11,13,26,29H,5-6,10,12,14H2,1-4H3,(H,25,30). The Morgan fingerprint density at radius 2 is 2.00 bits per heavy atom. The molecule has 1 aliphatic rings. The van der Waals surface area contributed by atoms with Gasteiger partial charge < -0.3 is 20.3 Å². The van der Waals surface area contributed by atoms with Gasteiger partial charge in [0.05, 0.1) is 12.1 Å². The number of nitrogens with zero attached hydrogens (tertiary/aromatic N) is 2. The average molecular weight is 407 g/mol. The van der Waals surface area contributed by atoms with Crippen molar-refractivity contribution in [1.29, 1.82) is 0 Å². The summed E-state index contributed by atoms with van der Waals surface area (Å²) in [5.74, 6) is 0.257. The lowest BCUT2D eigenvalue weighted by Crippen LogP contribution is -2.41. The molecule has 2 aromatic carbocycles. The van der Waals surface area contributed by atoms with Crippen LogP contribution < -0.4 is 5.32 Å². The van der Waals surface area contributed by atoms with Gasteiger partial charge >= 0.3 is 6.03 Å². The summed E-state index contributed by atoms with van der Waals surface area (Å²) in [5.41, 5.74) is 6.74. The van der Waals surface area contributed by atoms with Crippen LogP contribution in [-0.2, 0) is 6.54 Å². The molecule has 0 saturated carbocycles. The van der Waals surface area contributed by atoms with Gasteiger partial charge in [0, 0.05) is 35.6 Å². The molecular weight excluding hydrogens is 376 g/mol. The molecule has 0 unspecified atom stereocenters. The van der Waals surface area contributed by atoms with Crippen LogP contribution in [0.4, 0.5) is 4.79 Å². The lowest BCUT2D eigenvalue weighted by atomic mass is 9.90. The zero-order valence-electron chi connectivity index (χ0n) is 18.2. The lowest BCUT2D eigenvalue weighted by Gasteiger charge is -2.27. The zero-order valence-corrected chi connectivity index (χ0v) is 18.2. The SMILES string of the molecule is CCN(CC)CCNC(=O)N1C=Cc2c(c(C)c3c([nH]c4ccc(O)cc43)c2C)C1. The molecule has 30 heavy (non-hydrogen) atoms. The van der Waals surface area contributed by atoms with Crippen molar-refractivity contribution in [2.45, 2.75) is 34.2 Å². The summed E-state index contributed by atoms with van der Waals surface area (Å²) in [6, 6.07) is 5.35. The van der Waals surface area contributed by atoms with Crippen LogP contribution in [0.5, 0.6) is 5.75 Å². The number of hydrogen-bond acceptors (Lipinski definition) is 3. The first-order valence-corrected chi connectivity index (χ1v) is 10.7. The van der Waals surface area contributed by atoms with E-state index in [9.17, 15) is 9.90 Å². The Bertz CT molecular complexity index is 1140. The number of aryl methyl sites for hydroxylation is 2. The van der Waals surface area contributed by atoms with Gasteiger partial charge in [-0.2, -0.15) is 0 Å². The fourth-order valence-corrected chi connectivity index (χ4v) is 4.48. The van der Waals surface area contributed by atoms with Crippen molar-refractivity contribution in [3.63, 3.8) is 0 Å². The number of H-pyrrole nitrogens is 1. The van der Waals surface area contributed by atoms with Crippen LogP contribution in [0.25, 0.3) is 27.9 Å². The quantitative estimate of drug-likeness (QED) is 0.585. The molecule has 0 aliphatic carbocycles. The van der Waals surface area contributed by atoms with Crippen molar-refractivity contribution < 1.29 is 9.90 Å². The summed E-state index contributed by atoms with van der Waals surface area (Å²) in [4.78, 5) is 20.3. The maximum atomic E-state index is 12.7. The minimum atomic E-state index is -0.0715. The van der Waals surface area contributed by atoms with Crippen LogP contribution in [0.15, 0.2) is 24.4 Å². The van der Waals surface area contributed by atoms with Gasteiger partial charge in [-0.15, -0.1) is 0 Å². The first-order valence-electron chi connectivity index (χ1n) is 10.7. The zero-order chi connectivity index (χ0) is 21.4. The molecule has 0 bridgehead atoms. The molecule has 158 valence electrons. The van der Waals surface area contributed by atoms with E-state index < -0.39 is 0 Å². The van der Waals surface area contributed by atoms with E-state index in [1.807, 2.05) is 24.4 Å². The van der Waals surface area contributed by atoms with Crippen molar-refractivity contribution in [2.24, 2.45) is 0 Å². The van der Waals surface area contributed by atoms with Gasteiger partial charge in [0.1, 0.15) is 5.75 Å². The van der Waals surface area contributed by atoms with Crippen molar-refractivity contribution in [2.75, 3.05) is 26.2 Å². The topological polar surface area (TPSA) is 71.6 Å². The van der Waals surface area contributed by atoms with Gasteiger partial charge in [0.25, 0.3) is 0 Å². The Morgan fingerprint density at radius 1 is 1.23 bits per heavy atom. The van der Waals surface area contributed by atoms with Crippen molar-refractivity contribution in [1.82, 2.24) is 20.1 Å². The molecule has 0 saturated heterocycles. The number of carbonyl (C=O) groups is 1. The van der Waals surface area contributed by atoms with Crippen LogP contribution >= 0.6 is 0 Å². The highest BCUT2D eigenvalue weighted by molar-refractivity contribution is 6.11. The molecule has 3 aromatic rings. The molecule has 1 aliphatic heterocycles. The summed E-state index contributed by atoms with van der Waals surface area (Å²) in [5, 5.41) is 15.2. The number of aromatic hydroxyl groups is 1. The maximum Gasteiger partial charge on any atom is 0.321 e. The van der Waals surface area contributed by atoms with Gasteiger partial charge in [-0.1, -0.05) is 13.8 Å². The first-order chi connectivity index (χ1) is 14.4. The number of fused-ring (bicyclic) bond motifs is 4. The second-order valence-electron chi connectivity index (χ2n) is 7.95. The minimum absolute atomic E-state index is 0.0715. The van der Waals surface area contributed by atoms with Crippen LogP contribution in [0, 0.1) is 13.8 Å². The Kier molecular flexibility index (Phi) is 5.43. The molecule has 1 aromatic heterocycles. The number of phenolic OH excluding ortho intramolecular Hbond substituents is 1. The summed E-state index contributed by atoms with van der Waals surface area (Å²) in [7, 11) is 0. The Balaban J connectivity index is 1.64. The number of aromatic amines is 1. The van der Waals surface area contributed by atoms with E-state index in [4.69, 9.17) is 0 Å². The fraction of sp³-hybridized carbons (Fsp3) is 0.375. The van der Waals surface area contributed by atoms with E-state index in [2.05, 4.69) is 42.9 Å². The molecule has 0 fully saturated rings. The van der Waals surface area contributed by atoms with E-state index in [0.717, 1.165) is 52.6 Å². The number of likely N-dealkylation sites (N-methyl/N-ethyl adjacent to an activating group) is 1. The molecule has 0 radical (unpaired) electrons. The number of amides is 2. The number of carbonyl (C=O) groups excluding carboxylic acids is 1. The third-order valence-electron chi connectivity index (χ3n) is 6.32. The van der Waals surface area contributed by atoms with E-state index in [-0.39, 0.29) is 11.8 Å². The molecule has 0 atom stereocenters. The van der Waals surface area contributed by atoms with Crippen LogP contribution in [0.3, 0.4) is 0 Å². The smallest absolute Gasteiger partial charge is 0.321 e. The van der Waals surface area contributed by atoms with E-state index in [0.29, 0.717) is 13.1 Å². The first kappa shape index (κ1) is 20.3. The third kappa shape index (κ3) is 3.41. The number of phenols is 1. The van der Waals surface area contributed by atoms with Gasteiger partial charge in [0.2, 0.25) is 0 Å². The number of urea groups is 1. The number of benzene rings is 2. The van der Waals surface area contributed by atoms with Gasteiger partial charge in [-0.25, -0.2) is 4.79 Å². The molecule has 0 spiro atoms. The highest BCUT2D eigenvalue weighted by Crippen LogP contribution is 2.38. The van der Waals surface area contributed by atoms with Crippen molar-refractivity contribution >= 4 is 33.9 Å². The van der Waals surface area contributed by atoms with Crippen LogP contribution in [0.1, 0.15) is 36.1 Å². The maximum absolute atomic E-state index is 12.7. The average Bonchev–Trinajstić information content (AvgIpc) is 3.13. The lowest BCUT2D eigenvalue weighted by molar-refractivity contribution is 0.210. The summed E-state index contributed by atoms with van der Waals surface area (Å²) >= 11 is 0. The predicted molar refractivity (Wildman–Crippen MR) is 123 cm³/mol. The fourth-order valence-electron chi connectivity index (χ4n) is 4.48. The number of aromatic nitrogens is 1. The van der Waals surface area contributed by atoms with Crippen molar-refractivity contribution in [3.8, 4) is 5.75 Å². The minimum Gasteiger partial charge on any atom is -0.508 e. The highest BCUT2D eigenvalue weighted by Gasteiger charge is 2.23. The molecule has 4 rings (SSSR count). The highest BCUT2D eigenvalue weighted by atomic mass is 16.3. The molecule has 6 nitrogen and oxygen atoms in total. The molecule has 2 heterocycles. The van der Waals surface area contributed by atoms with E-state index in [1.54, 1.807) is 11.0 Å². The summed E-state index contributed by atoms with van der Waals surface area (Å²) < 4.78 is 0. The largest absolute Gasteiger partial charge is 0.508 e.